The van der Waals surface area contributed by atoms with E-state index in [4.69, 9.17) is 34.8 Å². The van der Waals surface area contributed by atoms with Gasteiger partial charge in [-0.15, -0.1) is 0 Å². The number of amides is 2. The highest BCUT2D eigenvalue weighted by molar-refractivity contribution is 7.92. The van der Waals surface area contributed by atoms with Gasteiger partial charge in [0.05, 0.1) is 15.6 Å². The van der Waals surface area contributed by atoms with Gasteiger partial charge in [-0.25, -0.2) is 8.42 Å². The van der Waals surface area contributed by atoms with Crippen LogP contribution in [0.4, 0.5) is 5.69 Å². The quantitative estimate of drug-likeness (QED) is 0.287. The number of nitrogens with zero attached hydrogens (tertiary/aromatic N) is 2. The molecule has 0 aliphatic carbocycles. The summed E-state index contributed by atoms with van der Waals surface area (Å²) in [6, 6.07) is 18.1. The lowest BCUT2D eigenvalue weighted by Crippen LogP contribution is -2.51. The summed E-state index contributed by atoms with van der Waals surface area (Å²) in [6.45, 7) is 5.37. The fourth-order valence-corrected chi connectivity index (χ4v) is 6.01. The van der Waals surface area contributed by atoms with Crippen LogP contribution in [0.15, 0.2) is 77.7 Å². The third-order valence-electron chi connectivity index (χ3n) is 5.88. The topological polar surface area (TPSA) is 86.8 Å². The summed E-state index contributed by atoms with van der Waals surface area (Å²) >= 11 is 18.6. The number of nitrogens with one attached hydrogen (secondary N) is 1. The summed E-state index contributed by atoms with van der Waals surface area (Å²) < 4.78 is 28.5. The Labute approximate surface area is 244 Å². The van der Waals surface area contributed by atoms with E-state index < -0.39 is 28.5 Å². The van der Waals surface area contributed by atoms with Crippen molar-refractivity contribution in [2.24, 2.45) is 5.92 Å². The van der Waals surface area contributed by atoms with Crippen molar-refractivity contribution in [3.8, 4) is 0 Å². The van der Waals surface area contributed by atoms with Gasteiger partial charge in [0.2, 0.25) is 11.8 Å². The minimum absolute atomic E-state index is 0.0204. The molecule has 0 aromatic heterocycles. The summed E-state index contributed by atoms with van der Waals surface area (Å²) in [4.78, 5) is 28.2. The molecule has 208 valence electrons. The van der Waals surface area contributed by atoms with Crippen LogP contribution < -0.4 is 9.62 Å². The lowest BCUT2D eigenvalue weighted by Gasteiger charge is -2.32. The minimum atomic E-state index is -4.23. The molecule has 1 N–H and O–H groups in total. The van der Waals surface area contributed by atoms with Gasteiger partial charge >= 0.3 is 0 Å². The number of hydrogen-bond acceptors (Lipinski definition) is 4. The number of carbonyl (C=O) groups is 2. The summed E-state index contributed by atoms with van der Waals surface area (Å²) in [5.74, 6) is -0.759. The molecule has 0 spiro atoms. The first-order valence-electron chi connectivity index (χ1n) is 12.2. The van der Waals surface area contributed by atoms with E-state index in [1.54, 1.807) is 49.4 Å². The highest BCUT2D eigenvalue weighted by Crippen LogP contribution is 2.33. The Kier molecular flexibility index (Phi) is 10.7. The van der Waals surface area contributed by atoms with Gasteiger partial charge in [0.15, 0.2) is 0 Å². The number of anilines is 1. The van der Waals surface area contributed by atoms with Gasteiger partial charge in [0, 0.05) is 23.1 Å². The molecule has 7 nitrogen and oxygen atoms in total. The van der Waals surface area contributed by atoms with E-state index in [0.717, 1.165) is 4.31 Å². The van der Waals surface area contributed by atoms with Gasteiger partial charge in [-0.3, -0.25) is 13.9 Å². The molecule has 0 saturated carbocycles. The van der Waals surface area contributed by atoms with Crippen LogP contribution in [0, 0.1) is 5.92 Å². The Bertz CT molecular complexity index is 1420. The third-order valence-corrected chi connectivity index (χ3v) is 8.43. The molecule has 11 heteroatoms. The number of halogens is 3. The number of carbonyl (C=O) groups excluding carboxylic acids is 2. The van der Waals surface area contributed by atoms with Gasteiger partial charge in [-0.05, 0) is 60.9 Å². The fraction of sp³-hybridized carbons (Fsp3) is 0.286. The number of hydrogen-bond donors (Lipinski definition) is 1. The maximum atomic E-state index is 13.9. The molecule has 0 saturated heterocycles. The van der Waals surface area contributed by atoms with E-state index in [1.165, 1.54) is 35.2 Å². The van der Waals surface area contributed by atoms with Gasteiger partial charge < -0.3 is 10.2 Å². The van der Waals surface area contributed by atoms with E-state index in [0.29, 0.717) is 22.2 Å². The van der Waals surface area contributed by atoms with Crippen LogP contribution in [0.3, 0.4) is 0 Å². The van der Waals surface area contributed by atoms with Crippen LogP contribution in [0.1, 0.15) is 26.3 Å². The lowest BCUT2D eigenvalue weighted by molar-refractivity contribution is -0.139. The summed E-state index contributed by atoms with van der Waals surface area (Å²) in [6.07, 6.45) is 0. The zero-order valence-corrected chi connectivity index (χ0v) is 24.9. The van der Waals surface area contributed by atoms with Crippen LogP contribution >= 0.6 is 34.8 Å². The molecule has 3 aromatic carbocycles. The number of sulfonamides is 1. The van der Waals surface area contributed by atoms with Crippen molar-refractivity contribution in [2.75, 3.05) is 17.4 Å². The Morgan fingerprint density at radius 2 is 1.54 bits per heavy atom. The zero-order valence-electron chi connectivity index (χ0n) is 21.8. The van der Waals surface area contributed by atoms with Crippen molar-refractivity contribution in [1.29, 1.82) is 0 Å². The SMILES string of the molecule is CC(C)CNC(=O)[C@H](C)N(Cc1cccc(Cl)c1)C(=O)CN(c1ccc(Cl)cc1Cl)S(=O)(=O)c1ccccc1. The highest BCUT2D eigenvalue weighted by atomic mass is 35.5. The van der Waals surface area contributed by atoms with Crippen LogP contribution in [-0.2, 0) is 26.2 Å². The van der Waals surface area contributed by atoms with E-state index in [9.17, 15) is 18.0 Å². The molecule has 0 aliphatic heterocycles. The molecule has 0 radical (unpaired) electrons. The van der Waals surface area contributed by atoms with Crippen molar-refractivity contribution >= 4 is 62.3 Å². The average Bonchev–Trinajstić information content (AvgIpc) is 2.89. The molecule has 0 fully saturated rings. The zero-order chi connectivity index (χ0) is 28.7. The minimum Gasteiger partial charge on any atom is -0.354 e. The summed E-state index contributed by atoms with van der Waals surface area (Å²) in [5.41, 5.74) is 0.763. The average molecular weight is 611 g/mol. The summed E-state index contributed by atoms with van der Waals surface area (Å²) in [5, 5.41) is 3.68. The number of rotatable bonds is 11. The van der Waals surface area contributed by atoms with Gasteiger partial charge in [-0.2, -0.15) is 0 Å². The predicted molar refractivity (Wildman–Crippen MR) is 157 cm³/mol. The van der Waals surface area contributed by atoms with Gasteiger partial charge in [0.25, 0.3) is 10.0 Å². The predicted octanol–water partition coefficient (Wildman–Crippen LogP) is 6.03. The third kappa shape index (κ3) is 8.11. The smallest absolute Gasteiger partial charge is 0.264 e. The molecule has 0 unspecified atom stereocenters. The van der Waals surface area contributed by atoms with E-state index in [-0.39, 0.29) is 34.0 Å². The molecule has 0 bridgehead atoms. The van der Waals surface area contributed by atoms with Crippen LogP contribution in [0.2, 0.25) is 15.1 Å². The molecule has 1 atom stereocenters. The molecule has 2 amide bonds. The van der Waals surface area contributed by atoms with Crippen molar-refractivity contribution in [2.45, 2.75) is 38.3 Å². The van der Waals surface area contributed by atoms with E-state index in [2.05, 4.69) is 5.32 Å². The molecular formula is C28H30Cl3N3O4S. The van der Waals surface area contributed by atoms with E-state index >= 15 is 0 Å². The van der Waals surface area contributed by atoms with Gasteiger partial charge in [-0.1, -0.05) is 79.0 Å². The Morgan fingerprint density at radius 3 is 2.15 bits per heavy atom. The first-order valence-corrected chi connectivity index (χ1v) is 14.8. The van der Waals surface area contributed by atoms with E-state index in [1.807, 2.05) is 13.8 Å². The normalized spacial score (nSPS) is 12.2. The monoisotopic (exact) mass is 609 g/mol. The Hall–Kier alpha value is -2.78. The Balaban J connectivity index is 2.03. The second-order valence-corrected chi connectivity index (χ2v) is 12.5. The number of benzene rings is 3. The maximum Gasteiger partial charge on any atom is 0.264 e. The summed E-state index contributed by atoms with van der Waals surface area (Å²) in [7, 11) is -4.23. The lowest BCUT2D eigenvalue weighted by atomic mass is 10.1. The fourth-order valence-electron chi connectivity index (χ4n) is 3.78. The first-order chi connectivity index (χ1) is 18.4. The van der Waals surface area contributed by atoms with Crippen LogP contribution in [-0.4, -0.2) is 44.3 Å². The largest absolute Gasteiger partial charge is 0.354 e. The molecule has 0 aliphatic rings. The molecule has 3 rings (SSSR count). The van der Waals surface area contributed by atoms with Crippen LogP contribution in [0.25, 0.3) is 0 Å². The molecular weight excluding hydrogens is 581 g/mol. The Morgan fingerprint density at radius 1 is 0.872 bits per heavy atom. The van der Waals surface area contributed by atoms with Gasteiger partial charge in [0.1, 0.15) is 12.6 Å². The maximum absolute atomic E-state index is 13.9. The van der Waals surface area contributed by atoms with Crippen molar-refractivity contribution in [3.63, 3.8) is 0 Å². The van der Waals surface area contributed by atoms with Crippen molar-refractivity contribution < 1.29 is 18.0 Å². The van der Waals surface area contributed by atoms with Crippen LogP contribution in [0.5, 0.6) is 0 Å². The standard InChI is InChI=1S/C28H30Cl3N3O4S/c1-19(2)16-32-28(36)20(3)33(17-21-8-7-9-22(29)14-21)27(35)18-34(26-13-12-23(30)15-25(26)31)39(37,38)24-10-5-4-6-11-24/h4-15,19-20H,16-18H2,1-3H3,(H,32,36)/t20-/m0/s1. The molecule has 0 heterocycles. The first kappa shape index (κ1) is 30.8. The molecule has 39 heavy (non-hydrogen) atoms. The second kappa shape index (κ2) is 13.5. The van der Waals surface area contributed by atoms with Crippen molar-refractivity contribution in [1.82, 2.24) is 10.2 Å². The highest BCUT2D eigenvalue weighted by Gasteiger charge is 2.33. The second-order valence-electron chi connectivity index (χ2n) is 9.39. The van der Waals surface area contributed by atoms with Crippen molar-refractivity contribution in [3.05, 3.63) is 93.4 Å². The molecule has 3 aromatic rings.